The number of nitro groups is 1. The molecule has 5 nitrogen and oxygen atoms in total. The van der Waals surface area contributed by atoms with E-state index < -0.39 is 10.7 Å². The Hall–Kier alpha value is -3.18. The predicted octanol–water partition coefficient (Wildman–Crippen LogP) is 3.85. The van der Waals surface area contributed by atoms with Crippen LogP contribution < -0.4 is 4.74 Å². The minimum atomic E-state index is -1.64. The maximum Gasteiger partial charge on any atom is 0.270 e. The molecule has 1 atom stereocenters. The Bertz CT molecular complexity index is 939. The average Bonchev–Trinajstić information content (AvgIpc) is 2.62. The van der Waals surface area contributed by atoms with Crippen LogP contribution in [0.2, 0.25) is 0 Å². The summed E-state index contributed by atoms with van der Waals surface area (Å²) in [5, 5.41) is 22.3. The van der Waals surface area contributed by atoms with Gasteiger partial charge in [-0.15, -0.1) is 0 Å². The van der Waals surface area contributed by atoms with Gasteiger partial charge in [0.05, 0.1) is 4.92 Å². The number of nitrogens with zero attached hydrogens (tertiary/aromatic N) is 1. The lowest BCUT2D eigenvalue weighted by Gasteiger charge is -2.36. The summed E-state index contributed by atoms with van der Waals surface area (Å²) in [6, 6.07) is 20.7. The fourth-order valence-corrected chi connectivity index (χ4v) is 3.04. The number of nitro benzene ring substituents is 1. The highest BCUT2D eigenvalue weighted by atomic mass is 16.6. The van der Waals surface area contributed by atoms with Gasteiger partial charge < -0.3 is 9.84 Å². The molecule has 3 aromatic rings. The Kier molecular flexibility index (Phi) is 3.11. The summed E-state index contributed by atoms with van der Waals surface area (Å²) >= 11 is 0. The Labute approximate surface area is 137 Å². The van der Waals surface area contributed by atoms with Gasteiger partial charge in [-0.3, -0.25) is 10.1 Å². The third kappa shape index (κ3) is 2.06. The maximum absolute atomic E-state index is 11.3. The predicted molar refractivity (Wildman–Crippen MR) is 88.6 cm³/mol. The monoisotopic (exact) mass is 319 g/mol. The van der Waals surface area contributed by atoms with E-state index >= 15 is 0 Å². The first-order valence-electron chi connectivity index (χ1n) is 7.45. The molecular formula is C19H13NO4. The smallest absolute Gasteiger partial charge is 0.270 e. The van der Waals surface area contributed by atoms with Crippen LogP contribution in [-0.2, 0) is 5.79 Å². The minimum absolute atomic E-state index is 0.0164. The molecule has 0 bridgehead atoms. The Morgan fingerprint density at radius 3 is 2.38 bits per heavy atom. The summed E-state index contributed by atoms with van der Waals surface area (Å²) in [7, 11) is 0. The van der Waals surface area contributed by atoms with E-state index in [4.69, 9.17) is 4.74 Å². The number of fused-ring (bicyclic) bond motifs is 3. The van der Waals surface area contributed by atoms with Gasteiger partial charge in [0, 0.05) is 28.8 Å². The molecule has 0 radical (unpaired) electrons. The van der Waals surface area contributed by atoms with Crippen molar-refractivity contribution in [3.8, 4) is 16.9 Å². The van der Waals surface area contributed by atoms with E-state index in [9.17, 15) is 15.2 Å². The number of aliphatic hydroxyl groups is 1. The van der Waals surface area contributed by atoms with Gasteiger partial charge in [0.15, 0.2) is 0 Å². The van der Waals surface area contributed by atoms with Crippen molar-refractivity contribution >= 4 is 5.69 Å². The number of rotatable bonds is 2. The minimum Gasteiger partial charge on any atom is -0.453 e. The first kappa shape index (κ1) is 14.4. The summed E-state index contributed by atoms with van der Waals surface area (Å²) in [6.07, 6.45) is 0. The lowest BCUT2D eigenvalue weighted by Crippen LogP contribution is -2.37. The van der Waals surface area contributed by atoms with Crippen LogP contribution in [0.3, 0.4) is 0 Å². The SMILES string of the molecule is O=[N+]([O-])c1ccc2c(c1)-c1ccccc1C(O)(c1ccccc1)O2. The summed E-state index contributed by atoms with van der Waals surface area (Å²) in [4.78, 5) is 10.6. The molecule has 118 valence electrons. The summed E-state index contributed by atoms with van der Waals surface area (Å²) in [5.74, 6) is -1.23. The second-order valence-electron chi connectivity index (χ2n) is 5.60. The van der Waals surface area contributed by atoms with Crippen LogP contribution >= 0.6 is 0 Å². The van der Waals surface area contributed by atoms with Gasteiger partial charge in [0.2, 0.25) is 0 Å². The average molecular weight is 319 g/mol. The third-order valence-electron chi connectivity index (χ3n) is 4.18. The molecule has 0 spiro atoms. The molecule has 1 N–H and O–H groups in total. The molecule has 5 heteroatoms. The van der Waals surface area contributed by atoms with Gasteiger partial charge in [-0.25, -0.2) is 0 Å². The zero-order chi connectivity index (χ0) is 16.7. The lowest BCUT2D eigenvalue weighted by molar-refractivity contribution is -0.384. The molecule has 1 aliphatic heterocycles. The normalized spacial score (nSPS) is 18.2. The zero-order valence-electron chi connectivity index (χ0n) is 12.5. The molecule has 24 heavy (non-hydrogen) atoms. The molecule has 0 aromatic heterocycles. The molecule has 3 aromatic carbocycles. The molecule has 1 unspecified atom stereocenters. The van der Waals surface area contributed by atoms with Crippen molar-refractivity contribution in [1.82, 2.24) is 0 Å². The number of non-ortho nitro benzene ring substituents is 1. The van der Waals surface area contributed by atoms with Crippen LogP contribution in [0.15, 0.2) is 72.8 Å². The Morgan fingerprint density at radius 2 is 1.62 bits per heavy atom. The quantitative estimate of drug-likeness (QED) is 0.575. The van der Waals surface area contributed by atoms with Crippen molar-refractivity contribution < 1.29 is 14.8 Å². The fraction of sp³-hybridized carbons (Fsp3) is 0.0526. The van der Waals surface area contributed by atoms with Gasteiger partial charge in [0.25, 0.3) is 11.5 Å². The molecular weight excluding hydrogens is 306 g/mol. The van der Waals surface area contributed by atoms with Crippen LogP contribution in [0.5, 0.6) is 5.75 Å². The van der Waals surface area contributed by atoms with E-state index in [0.29, 0.717) is 28.0 Å². The topological polar surface area (TPSA) is 72.6 Å². The van der Waals surface area contributed by atoms with Crippen LogP contribution in [0, 0.1) is 10.1 Å². The molecule has 0 fully saturated rings. The molecule has 4 rings (SSSR count). The summed E-state index contributed by atoms with van der Waals surface area (Å²) in [6.45, 7) is 0. The molecule has 0 aliphatic carbocycles. The highest BCUT2D eigenvalue weighted by molar-refractivity contribution is 5.78. The van der Waals surface area contributed by atoms with E-state index in [1.54, 1.807) is 24.3 Å². The van der Waals surface area contributed by atoms with Gasteiger partial charge >= 0.3 is 0 Å². The van der Waals surface area contributed by atoms with Crippen molar-refractivity contribution in [3.05, 3.63) is 94.0 Å². The first-order valence-corrected chi connectivity index (χ1v) is 7.45. The number of hydrogen-bond donors (Lipinski definition) is 1. The highest BCUT2D eigenvalue weighted by Gasteiger charge is 2.41. The highest BCUT2D eigenvalue weighted by Crippen LogP contribution is 2.47. The number of ether oxygens (including phenoxy) is 1. The van der Waals surface area contributed by atoms with Crippen LogP contribution in [-0.4, -0.2) is 10.0 Å². The fourth-order valence-electron chi connectivity index (χ4n) is 3.04. The standard InChI is InChI=1S/C19H13NO4/c21-19(13-6-2-1-3-7-13)17-9-5-4-8-15(17)16-12-14(20(22)23)10-11-18(16)24-19/h1-12,21H. The summed E-state index contributed by atoms with van der Waals surface area (Å²) < 4.78 is 5.90. The van der Waals surface area contributed by atoms with Crippen molar-refractivity contribution in [2.24, 2.45) is 0 Å². The molecule has 0 amide bonds. The van der Waals surface area contributed by atoms with Crippen molar-refractivity contribution in [3.63, 3.8) is 0 Å². The molecule has 1 heterocycles. The van der Waals surface area contributed by atoms with E-state index in [1.807, 2.05) is 30.3 Å². The largest absolute Gasteiger partial charge is 0.453 e. The van der Waals surface area contributed by atoms with E-state index in [0.717, 1.165) is 0 Å². The van der Waals surface area contributed by atoms with E-state index in [1.165, 1.54) is 18.2 Å². The van der Waals surface area contributed by atoms with Gasteiger partial charge in [-0.05, 0) is 11.6 Å². The van der Waals surface area contributed by atoms with Gasteiger partial charge in [0.1, 0.15) is 5.75 Å². The molecule has 0 saturated heterocycles. The zero-order valence-corrected chi connectivity index (χ0v) is 12.5. The molecule has 1 aliphatic rings. The third-order valence-corrected chi connectivity index (χ3v) is 4.18. The van der Waals surface area contributed by atoms with Crippen LogP contribution in [0.25, 0.3) is 11.1 Å². The van der Waals surface area contributed by atoms with Crippen molar-refractivity contribution in [2.75, 3.05) is 0 Å². The van der Waals surface area contributed by atoms with Gasteiger partial charge in [-0.1, -0.05) is 54.6 Å². The van der Waals surface area contributed by atoms with Gasteiger partial charge in [-0.2, -0.15) is 0 Å². The summed E-state index contributed by atoms with van der Waals surface area (Å²) in [5.41, 5.74) is 2.46. The second kappa shape index (κ2) is 5.18. The Balaban J connectivity index is 1.97. The maximum atomic E-state index is 11.3. The first-order chi connectivity index (χ1) is 11.6. The van der Waals surface area contributed by atoms with Crippen LogP contribution in [0.1, 0.15) is 11.1 Å². The second-order valence-corrected chi connectivity index (χ2v) is 5.60. The van der Waals surface area contributed by atoms with Crippen LogP contribution in [0.4, 0.5) is 5.69 Å². The lowest BCUT2D eigenvalue weighted by atomic mass is 9.87. The Morgan fingerprint density at radius 1 is 0.917 bits per heavy atom. The molecule has 0 saturated carbocycles. The van der Waals surface area contributed by atoms with E-state index in [2.05, 4.69) is 0 Å². The number of benzene rings is 3. The van der Waals surface area contributed by atoms with E-state index in [-0.39, 0.29) is 5.69 Å². The number of hydrogen-bond acceptors (Lipinski definition) is 4. The van der Waals surface area contributed by atoms with Crippen molar-refractivity contribution in [2.45, 2.75) is 5.79 Å². The van der Waals surface area contributed by atoms with Crippen molar-refractivity contribution in [1.29, 1.82) is 0 Å².